The van der Waals surface area contributed by atoms with Crippen molar-refractivity contribution < 1.29 is 14.4 Å². The van der Waals surface area contributed by atoms with Gasteiger partial charge in [-0.15, -0.1) is 0 Å². The summed E-state index contributed by atoms with van der Waals surface area (Å²) >= 11 is 2.18. The molecule has 0 aromatic heterocycles. The van der Waals surface area contributed by atoms with Crippen molar-refractivity contribution >= 4 is 46.0 Å². The van der Waals surface area contributed by atoms with E-state index in [2.05, 4.69) is 22.6 Å². The summed E-state index contributed by atoms with van der Waals surface area (Å²) in [6.45, 7) is 4.26. The van der Waals surface area contributed by atoms with Crippen LogP contribution in [-0.2, 0) is 20.9 Å². The summed E-state index contributed by atoms with van der Waals surface area (Å²) < 4.78 is 1.02. The summed E-state index contributed by atoms with van der Waals surface area (Å²) in [6.07, 6.45) is 1.07. The van der Waals surface area contributed by atoms with E-state index >= 15 is 0 Å². The summed E-state index contributed by atoms with van der Waals surface area (Å²) in [5.41, 5.74) is 2.63. The van der Waals surface area contributed by atoms with Gasteiger partial charge in [-0.25, -0.2) is 4.90 Å². The smallest absolute Gasteiger partial charge is 0.257 e. The molecule has 2 aromatic rings. The largest absolute Gasteiger partial charge is 0.326 e. The Morgan fingerprint density at radius 1 is 1.11 bits per heavy atom. The van der Waals surface area contributed by atoms with Crippen LogP contribution in [0.5, 0.6) is 0 Å². The zero-order valence-electron chi connectivity index (χ0n) is 16.0. The van der Waals surface area contributed by atoms with Crippen LogP contribution in [0.3, 0.4) is 0 Å². The summed E-state index contributed by atoms with van der Waals surface area (Å²) in [4.78, 5) is 41.3. The van der Waals surface area contributed by atoms with Gasteiger partial charge < -0.3 is 4.90 Å². The molecule has 1 fully saturated rings. The van der Waals surface area contributed by atoms with Gasteiger partial charge in [-0.1, -0.05) is 36.8 Å². The van der Waals surface area contributed by atoms with Crippen LogP contribution in [0.25, 0.3) is 0 Å². The van der Waals surface area contributed by atoms with E-state index in [1.807, 2.05) is 50.2 Å². The number of nitrogens with zero attached hydrogens (tertiary/aromatic N) is 2. The van der Waals surface area contributed by atoms with Crippen molar-refractivity contribution in [3.05, 3.63) is 63.2 Å². The predicted molar refractivity (Wildman–Crippen MR) is 117 cm³/mol. The zero-order chi connectivity index (χ0) is 20.3. The highest BCUT2D eigenvalue weighted by Crippen LogP contribution is 2.28. The number of anilines is 1. The second-order valence-electron chi connectivity index (χ2n) is 7.02. The van der Waals surface area contributed by atoms with Gasteiger partial charge in [0.05, 0.1) is 12.1 Å². The molecule has 2 aromatic carbocycles. The molecular formula is C22H23IN2O3. The number of benzene rings is 2. The van der Waals surface area contributed by atoms with E-state index in [9.17, 15) is 14.4 Å². The molecule has 1 aliphatic heterocycles. The van der Waals surface area contributed by atoms with Gasteiger partial charge in [0.1, 0.15) is 6.04 Å². The number of aryl methyl sites for hydroxylation is 1. The van der Waals surface area contributed by atoms with Gasteiger partial charge in [0, 0.05) is 16.5 Å². The van der Waals surface area contributed by atoms with Gasteiger partial charge >= 0.3 is 0 Å². The Morgan fingerprint density at radius 2 is 1.75 bits per heavy atom. The third kappa shape index (κ3) is 4.43. The van der Waals surface area contributed by atoms with Crippen LogP contribution in [0.4, 0.5) is 5.69 Å². The number of carbonyl (C=O) groups excluding carboxylic acids is 3. The van der Waals surface area contributed by atoms with Crippen molar-refractivity contribution in [1.82, 2.24) is 4.90 Å². The summed E-state index contributed by atoms with van der Waals surface area (Å²) in [5, 5.41) is 0. The van der Waals surface area contributed by atoms with E-state index < -0.39 is 6.04 Å². The van der Waals surface area contributed by atoms with Crippen LogP contribution in [-0.4, -0.2) is 28.7 Å². The number of rotatable bonds is 6. The van der Waals surface area contributed by atoms with Crippen molar-refractivity contribution in [3.63, 3.8) is 0 Å². The molecular weight excluding hydrogens is 467 g/mol. The fourth-order valence-corrected chi connectivity index (χ4v) is 3.70. The molecule has 1 saturated heterocycles. The van der Waals surface area contributed by atoms with Crippen LogP contribution < -0.4 is 4.90 Å². The Kier molecular flexibility index (Phi) is 6.49. The fraction of sp³-hybridized carbons (Fsp3) is 0.318. The molecule has 3 amide bonds. The van der Waals surface area contributed by atoms with Gasteiger partial charge in [0.2, 0.25) is 11.8 Å². The molecule has 3 rings (SSSR count). The minimum absolute atomic E-state index is 0.0200. The SMILES string of the molecule is CCCC(=O)N(Cc1ccc(C)cc1)C1CC(=O)N(c2ccc(I)cc2)C1=O. The molecule has 0 aliphatic carbocycles. The first kappa shape index (κ1) is 20.5. The summed E-state index contributed by atoms with van der Waals surface area (Å²) in [7, 11) is 0. The fourth-order valence-electron chi connectivity index (χ4n) is 3.34. The molecule has 1 heterocycles. The van der Waals surface area contributed by atoms with Gasteiger partial charge in [-0.3, -0.25) is 14.4 Å². The lowest BCUT2D eigenvalue weighted by molar-refractivity contribution is -0.139. The van der Waals surface area contributed by atoms with Crippen molar-refractivity contribution in [1.29, 1.82) is 0 Å². The lowest BCUT2D eigenvalue weighted by Gasteiger charge is -2.28. The van der Waals surface area contributed by atoms with Crippen molar-refractivity contribution in [2.45, 2.75) is 45.7 Å². The van der Waals surface area contributed by atoms with E-state index in [1.54, 1.807) is 17.0 Å². The van der Waals surface area contributed by atoms with Gasteiger partial charge in [-0.05, 0) is 65.8 Å². The first-order valence-electron chi connectivity index (χ1n) is 9.38. The van der Waals surface area contributed by atoms with Crippen molar-refractivity contribution in [2.24, 2.45) is 0 Å². The lowest BCUT2D eigenvalue weighted by Crippen LogP contribution is -2.45. The Bertz CT molecular complexity index is 878. The Balaban J connectivity index is 1.88. The average molecular weight is 490 g/mol. The first-order valence-corrected chi connectivity index (χ1v) is 10.5. The predicted octanol–water partition coefficient (Wildman–Crippen LogP) is 4.06. The highest BCUT2D eigenvalue weighted by atomic mass is 127. The van der Waals surface area contributed by atoms with Crippen LogP contribution >= 0.6 is 22.6 Å². The molecule has 1 aliphatic rings. The van der Waals surface area contributed by atoms with Crippen LogP contribution in [0, 0.1) is 10.5 Å². The van der Waals surface area contributed by atoms with Gasteiger partial charge in [-0.2, -0.15) is 0 Å². The zero-order valence-corrected chi connectivity index (χ0v) is 18.2. The highest BCUT2D eigenvalue weighted by molar-refractivity contribution is 14.1. The molecule has 5 nitrogen and oxygen atoms in total. The number of halogens is 1. The molecule has 1 atom stereocenters. The maximum Gasteiger partial charge on any atom is 0.257 e. The molecule has 0 N–H and O–H groups in total. The minimum atomic E-state index is -0.757. The maximum absolute atomic E-state index is 13.1. The normalized spacial score (nSPS) is 16.5. The summed E-state index contributed by atoms with van der Waals surface area (Å²) in [5.74, 6) is -0.698. The molecule has 1 unspecified atom stereocenters. The minimum Gasteiger partial charge on any atom is -0.326 e. The quantitative estimate of drug-likeness (QED) is 0.454. The third-order valence-electron chi connectivity index (χ3n) is 4.84. The lowest BCUT2D eigenvalue weighted by atomic mass is 10.1. The number of carbonyl (C=O) groups is 3. The third-order valence-corrected chi connectivity index (χ3v) is 5.56. The van der Waals surface area contributed by atoms with Gasteiger partial charge in [0.25, 0.3) is 5.91 Å². The molecule has 0 saturated carbocycles. The second-order valence-corrected chi connectivity index (χ2v) is 8.27. The van der Waals surface area contributed by atoms with Crippen LogP contribution in [0.1, 0.15) is 37.3 Å². The summed E-state index contributed by atoms with van der Waals surface area (Å²) in [6, 6.07) is 14.4. The maximum atomic E-state index is 13.1. The van der Waals surface area contributed by atoms with E-state index in [0.717, 1.165) is 14.7 Å². The van der Waals surface area contributed by atoms with Gasteiger partial charge in [0.15, 0.2) is 0 Å². The standard InChI is InChI=1S/C22H23IN2O3/c1-3-4-20(26)24(14-16-7-5-15(2)6-8-16)19-13-21(27)25(22(19)28)18-11-9-17(23)10-12-18/h5-12,19H,3-4,13-14H2,1-2H3. The molecule has 0 spiro atoms. The Hall–Kier alpha value is -2.22. The topological polar surface area (TPSA) is 57.7 Å². The van der Waals surface area contributed by atoms with Crippen LogP contribution in [0.15, 0.2) is 48.5 Å². The Labute approximate surface area is 178 Å². The van der Waals surface area contributed by atoms with E-state index in [1.165, 1.54) is 4.90 Å². The van der Waals surface area contributed by atoms with E-state index in [-0.39, 0.29) is 24.1 Å². The van der Waals surface area contributed by atoms with Crippen molar-refractivity contribution in [2.75, 3.05) is 4.90 Å². The number of imide groups is 1. The Morgan fingerprint density at radius 3 is 2.36 bits per heavy atom. The average Bonchev–Trinajstić information content (AvgIpc) is 2.96. The number of hydrogen-bond donors (Lipinski definition) is 0. The monoisotopic (exact) mass is 490 g/mol. The number of hydrogen-bond acceptors (Lipinski definition) is 3. The molecule has 6 heteroatoms. The van der Waals surface area contributed by atoms with Crippen molar-refractivity contribution in [3.8, 4) is 0 Å². The molecule has 146 valence electrons. The second kappa shape index (κ2) is 8.86. The molecule has 0 radical (unpaired) electrons. The molecule has 28 heavy (non-hydrogen) atoms. The van der Waals surface area contributed by atoms with E-state index in [0.29, 0.717) is 25.1 Å². The number of amides is 3. The highest BCUT2D eigenvalue weighted by Gasteiger charge is 2.44. The molecule has 0 bridgehead atoms. The van der Waals surface area contributed by atoms with E-state index in [4.69, 9.17) is 0 Å². The first-order chi connectivity index (χ1) is 13.4. The van der Waals surface area contributed by atoms with Crippen LogP contribution in [0.2, 0.25) is 0 Å².